The van der Waals surface area contributed by atoms with Crippen molar-refractivity contribution in [3.63, 3.8) is 0 Å². The number of benzene rings is 1. The Morgan fingerprint density at radius 3 is 2.16 bits per heavy atom. The standard InChI is InChI=1S/C13H17BrO4S/c1-2-19(17,18)12-11(13(12,7-15)8-16)9-3-5-10(14)6-4-9/h3-6,11-12,15-16H,2,7-8H2,1H3/t11-,12-/m0/s1. The molecule has 0 amide bonds. The first kappa shape index (κ1) is 15.0. The Morgan fingerprint density at radius 1 is 1.21 bits per heavy atom. The number of aliphatic hydroxyl groups excluding tert-OH is 2. The third kappa shape index (κ3) is 2.35. The highest BCUT2D eigenvalue weighted by Crippen LogP contribution is 2.62. The minimum absolute atomic E-state index is 0.0203. The Bertz CT molecular complexity index is 549. The first-order valence-corrected chi connectivity index (χ1v) is 8.62. The van der Waals surface area contributed by atoms with Crippen molar-refractivity contribution in [1.82, 2.24) is 0 Å². The molecular weight excluding hydrogens is 332 g/mol. The molecule has 19 heavy (non-hydrogen) atoms. The van der Waals surface area contributed by atoms with E-state index < -0.39 is 20.5 Å². The number of aliphatic hydroxyl groups is 2. The van der Waals surface area contributed by atoms with Gasteiger partial charge in [-0.05, 0) is 17.7 Å². The molecule has 0 radical (unpaired) electrons. The Kier molecular flexibility index (Phi) is 4.07. The van der Waals surface area contributed by atoms with Gasteiger partial charge in [0.25, 0.3) is 0 Å². The fourth-order valence-corrected chi connectivity index (χ4v) is 5.20. The zero-order chi connectivity index (χ0) is 14.3. The first-order valence-electron chi connectivity index (χ1n) is 6.11. The van der Waals surface area contributed by atoms with Gasteiger partial charge in [-0.15, -0.1) is 0 Å². The van der Waals surface area contributed by atoms with E-state index in [1.165, 1.54) is 0 Å². The Labute approximate surface area is 121 Å². The normalized spacial score (nSPS) is 25.3. The predicted octanol–water partition coefficient (Wildman–Crippen LogP) is 1.32. The summed E-state index contributed by atoms with van der Waals surface area (Å²) < 4.78 is 25.1. The summed E-state index contributed by atoms with van der Waals surface area (Å²) in [5.41, 5.74) is -0.101. The molecule has 0 unspecified atom stereocenters. The van der Waals surface area contributed by atoms with Gasteiger partial charge >= 0.3 is 0 Å². The van der Waals surface area contributed by atoms with Crippen LogP contribution in [0.3, 0.4) is 0 Å². The van der Waals surface area contributed by atoms with Crippen molar-refractivity contribution < 1.29 is 18.6 Å². The SMILES string of the molecule is CCS(=O)(=O)[C@H]1[C@H](c2ccc(Br)cc2)C1(CO)CO. The maximum atomic E-state index is 12.1. The summed E-state index contributed by atoms with van der Waals surface area (Å²) in [5, 5.41) is 18.4. The third-order valence-electron chi connectivity index (χ3n) is 3.99. The van der Waals surface area contributed by atoms with Crippen LogP contribution in [0.4, 0.5) is 0 Å². The number of hydrogen-bond acceptors (Lipinski definition) is 4. The van der Waals surface area contributed by atoms with E-state index in [1.807, 2.05) is 24.3 Å². The molecule has 1 fully saturated rings. The first-order chi connectivity index (χ1) is 8.93. The summed E-state index contributed by atoms with van der Waals surface area (Å²) in [7, 11) is -3.30. The van der Waals surface area contributed by atoms with Crippen LogP contribution in [-0.2, 0) is 9.84 Å². The quantitative estimate of drug-likeness (QED) is 0.841. The van der Waals surface area contributed by atoms with Gasteiger partial charge in [-0.25, -0.2) is 8.42 Å². The van der Waals surface area contributed by atoms with Gasteiger partial charge in [0.05, 0.1) is 18.5 Å². The van der Waals surface area contributed by atoms with Gasteiger partial charge in [0.1, 0.15) is 0 Å². The largest absolute Gasteiger partial charge is 0.396 e. The molecule has 6 heteroatoms. The second kappa shape index (κ2) is 5.16. The van der Waals surface area contributed by atoms with Gasteiger partial charge in [0, 0.05) is 21.6 Å². The fraction of sp³-hybridized carbons (Fsp3) is 0.538. The monoisotopic (exact) mass is 348 g/mol. The molecule has 0 saturated heterocycles. The van der Waals surface area contributed by atoms with Gasteiger partial charge < -0.3 is 10.2 Å². The molecule has 4 nitrogen and oxygen atoms in total. The summed E-state index contributed by atoms with van der Waals surface area (Å²) in [6, 6.07) is 7.34. The molecule has 1 saturated carbocycles. The highest BCUT2D eigenvalue weighted by atomic mass is 79.9. The van der Waals surface area contributed by atoms with Crippen LogP contribution in [0, 0.1) is 5.41 Å². The Hall–Kier alpha value is -0.430. The molecule has 2 N–H and O–H groups in total. The number of rotatable bonds is 5. The van der Waals surface area contributed by atoms with E-state index in [0.717, 1.165) is 10.0 Å². The van der Waals surface area contributed by atoms with E-state index in [-0.39, 0.29) is 24.9 Å². The van der Waals surface area contributed by atoms with E-state index in [2.05, 4.69) is 15.9 Å². The fourth-order valence-electron chi connectivity index (χ4n) is 2.80. The van der Waals surface area contributed by atoms with E-state index in [0.29, 0.717) is 0 Å². The molecule has 1 aromatic rings. The van der Waals surface area contributed by atoms with Crippen molar-refractivity contribution in [2.45, 2.75) is 18.1 Å². The summed E-state index contributed by atoms with van der Waals surface area (Å²) in [4.78, 5) is 0. The van der Waals surface area contributed by atoms with Crippen LogP contribution in [0.15, 0.2) is 28.7 Å². The molecule has 0 bridgehead atoms. The maximum absolute atomic E-state index is 12.1. The lowest BCUT2D eigenvalue weighted by molar-refractivity contribution is 0.130. The predicted molar refractivity (Wildman–Crippen MR) is 76.7 cm³/mol. The molecule has 1 aromatic carbocycles. The van der Waals surface area contributed by atoms with Crippen LogP contribution in [0.2, 0.25) is 0 Å². The molecule has 1 aliphatic carbocycles. The molecular formula is C13H17BrO4S. The van der Waals surface area contributed by atoms with Gasteiger partial charge in [-0.1, -0.05) is 35.0 Å². The van der Waals surface area contributed by atoms with Crippen molar-refractivity contribution in [1.29, 1.82) is 0 Å². The van der Waals surface area contributed by atoms with E-state index in [1.54, 1.807) is 6.92 Å². The van der Waals surface area contributed by atoms with E-state index in [9.17, 15) is 18.6 Å². The average molecular weight is 349 g/mol. The molecule has 2 rings (SSSR count). The summed E-state index contributed by atoms with van der Waals surface area (Å²) in [6.45, 7) is 0.939. The molecule has 2 atom stereocenters. The molecule has 0 spiro atoms. The van der Waals surface area contributed by atoms with Gasteiger partial charge in [0.2, 0.25) is 0 Å². The Balaban J connectivity index is 2.42. The third-order valence-corrected chi connectivity index (χ3v) is 6.84. The van der Waals surface area contributed by atoms with Gasteiger partial charge in [-0.2, -0.15) is 0 Å². The van der Waals surface area contributed by atoms with Crippen molar-refractivity contribution >= 4 is 25.8 Å². The molecule has 106 valence electrons. The Morgan fingerprint density at radius 2 is 1.74 bits per heavy atom. The van der Waals surface area contributed by atoms with Gasteiger partial charge in [0.15, 0.2) is 9.84 Å². The smallest absolute Gasteiger partial charge is 0.154 e. The zero-order valence-corrected chi connectivity index (χ0v) is 13.0. The van der Waals surface area contributed by atoms with Crippen molar-refractivity contribution in [2.75, 3.05) is 19.0 Å². The number of hydrogen-bond donors (Lipinski definition) is 2. The maximum Gasteiger partial charge on any atom is 0.154 e. The lowest BCUT2D eigenvalue weighted by atomic mass is 10.0. The summed E-state index contributed by atoms with van der Waals surface area (Å²) in [6.07, 6.45) is 0. The molecule has 0 heterocycles. The van der Waals surface area contributed by atoms with Gasteiger partial charge in [-0.3, -0.25) is 0 Å². The molecule has 0 aromatic heterocycles. The van der Waals surface area contributed by atoms with E-state index >= 15 is 0 Å². The van der Waals surface area contributed by atoms with Crippen molar-refractivity contribution in [3.8, 4) is 0 Å². The second-order valence-corrected chi connectivity index (χ2v) is 8.28. The van der Waals surface area contributed by atoms with Crippen LogP contribution < -0.4 is 0 Å². The average Bonchev–Trinajstić information content (AvgIpc) is 3.10. The van der Waals surface area contributed by atoms with Crippen LogP contribution in [0.1, 0.15) is 18.4 Å². The number of sulfone groups is 1. The highest BCUT2D eigenvalue weighted by Gasteiger charge is 2.69. The summed E-state index contributed by atoms with van der Waals surface area (Å²) in [5.74, 6) is -0.313. The van der Waals surface area contributed by atoms with Crippen LogP contribution in [0.5, 0.6) is 0 Å². The minimum atomic E-state index is -3.30. The highest BCUT2D eigenvalue weighted by molar-refractivity contribution is 9.10. The van der Waals surface area contributed by atoms with Crippen molar-refractivity contribution in [3.05, 3.63) is 34.3 Å². The second-order valence-electron chi connectivity index (χ2n) is 4.95. The van der Waals surface area contributed by atoms with E-state index in [4.69, 9.17) is 0 Å². The topological polar surface area (TPSA) is 74.6 Å². The van der Waals surface area contributed by atoms with Crippen LogP contribution in [-0.4, -0.2) is 42.8 Å². The van der Waals surface area contributed by atoms with Crippen molar-refractivity contribution in [2.24, 2.45) is 5.41 Å². The number of halogens is 1. The zero-order valence-electron chi connectivity index (χ0n) is 10.6. The lowest BCUT2D eigenvalue weighted by Gasteiger charge is -2.10. The van der Waals surface area contributed by atoms with Crippen LogP contribution in [0.25, 0.3) is 0 Å². The molecule has 0 aliphatic heterocycles. The molecule has 1 aliphatic rings. The summed E-state index contributed by atoms with van der Waals surface area (Å²) >= 11 is 3.33. The minimum Gasteiger partial charge on any atom is -0.396 e. The lowest BCUT2D eigenvalue weighted by Crippen LogP contribution is -2.23. The van der Waals surface area contributed by atoms with Crippen LogP contribution >= 0.6 is 15.9 Å².